The Kier molecular flexibility index (Phi) is 5.12. The van der Waals surface area contributed by atoms with Crippen LogP contribution in [0.5, 0.6) is 5.75 Å². The predicted molar refractivity (Wildman–Crippen MR) is 99.6 cm³/mol. The lowest BCUT2D eigenvalue weighted by atomic mass is 10.2. The third-order valence-corrected chi connectivity index (χ3v) is 3.71. The largest absolute Gasteiger partial charge is 0.495 e. The molecule has 0 fully saturated rings. The molecule has 132 valence electrons. The predicted octanol–water partition coefficient (Wildman–Crippen LogP) is 4.53. The number of nitrogens with zero attached hydrogens (tertiary/aromatic N) is 1. The molecule has 0 bridgehead atoms. The minimum absolute atomic E-state index is 0.232. The summed E-state index contributed by atoms with van der Waals surface area (Å²) >= 11 is 0. The Labute approximate surface area is 150 Å². The average Bonchev–Trinajstić information content (AvgIpc) is 2.62. The lowest BCUT2D eigenvalue weighted by Gasteiger charge is -2.12. The maximum atomic E-state index is 13.2. The zero-order valence-electron chi connectivity index (χ0n) is 14.4. The van der Waals surface area contributed by atoms with Gasteiger partial charge in [0, 0.05) is 5.69 Å². The molecule has 0 spiro atoms. The van der Waals surface area contributed by atoms with Gasteiger partial charge in [-0.2, -0.15) is 0 Å². The number of aryl methyl sites for hydroxylation is 1. The molecule has 2 N–H and O–H groups in total. The highest BCUT2D eigenvalue weighted by Crippen LogP contribution is 2.28. The van der Waals surface area contributed by atoms with E-state index in [0.29, 0.717) is 11.4 Å². The first-order chi connectivity index (χ1) is 12.5. The van der Waals surface area contributed by atoms with Gasteiger partial charge >= 0.3 is 0 Å². The van der Waals surface area contributed by atoms with Crippen molar-refractivity contribution in [2.75, 3.05) is 17.7 Å². The zero-order valence-corrected chi connectivity index (χ0v) is 14.4. The monoisotopic (exact) mass is 351 g/mol. The number of benzene rings is 2. The van der Waals surface area contributed by atoms with Crippen LogP contribution >= 0.6 is 0 Å². The molecule has 26 heavy (non-hydrogen) atoms. The number of nitrogens with one attached hydrogen (secondary N) is 2. The Hall–Kier alpha value is -3.41. The summed E-state index contributed by atoms with van der Waals surface area (Å²) in [6.07, 6.45) is 1.56. The number of carbonyl (C=O) groups is 1. The van der Waals surface area contributed by atoms with Gasteiger partial charge in [-0.15, -0.1) is 0 Å². The molecule has 2 aromatic carbocycles. The number of halogens is 1. The molecule has 5 nitrogen and oxygen atoms in total. The van der Waals surface area contributed by atoms with Crippen molar-refractivity contribution in [3.8, 4) is 5.75 Å². The fourth-order valence-corrected chi connectivity index (χ4v) is 2.44. The number of pyridine rings is 1. The van der Waals surface area contributed by atoms with Gasteiger partial charge in [-0.3, -0.25) is 4.79 Å². The van der Waals surface area contributed by atoms with Crippen LogP contribution in [0, 0.1) is 12.7 Å². The van der Waals surface area contributed by atoms with Gasteiger partial charge in [0.2, 0.25) is 0 Å². The second-order valence-electron chi connectivity index (χ2n) is 5.73. The van der Waals surface area contributed by atoms with Gasteiger partial charge in [-0.05, 0) is 55.0 Å². The molecule has 0 aliphatic carbocycles. The summed E-state index contributed by atoms with van der Waals surface area (Å²) in [7, 11) is 1.61. The fourth-order valence-electron chi connectivity index (χ4n) is 2.44. The van der Waals surface area contributed by atoms with E-state index < -0.39 is 11.7 Å². The van der Waals surface area contributed by atoms with Gasteiger partial charge in [-0.25, -0.2) is 9.37 Å². The second kappa shape index (κ2) is 7.65. The maximum Gasteiger partial charge on any atom is 0.274 e. The molecule has 1 heterocycles. The van der Waals surface area contributed by atoms with Crippen LogP contribution in [0.4, 0.5) is 21.5 Å². The Morgan fingerprint density at radius 3 is 2.62 bits per heavy atom. The van der Waals surface area contributed by atoms with Gasteiger partial charge in [0.15, 0.2) is 0 Å². The molecule has 1 amide bonds. The standard InChI is InChI=1S/C20H18FN3O2/c1-13-6-9-19(26-2)18(10-13)23-16-7-8-17(22-12-16)20(25)24-15-5-3-4-14(21)11-15/h3-12,23H,1-2H3,(H,24,25). The molecule has 0 aliphatic heterocycles. The van der Waals surface area contributed by atoms with Crippen LogP contribution in [0.25, 0.3) is 0 Å². The van der Waals surface area contributed by atoms with E-state index in [-0.39, 0.29) is 5.69 Å². The summed E-state index contributed by atoms with van der Waals surface area (Å²) in [4.78, 5) is 16.4. The summed E-state index contributed by atoms with van der Waals surface area (Å²) in [6, 6.07) is 14.8. The number of ether oxygens (including phenoxy) is 1. The number of methoxy groups -OCH3 is 1. The molecule has 0 saturated heterocycles. The third-order valence-electron chi connectivity index (χ3n) is 3.71. The molecular formula is C20H18FN3O2. The lowest BCUT2D eigenvalue weighted by Crippen LogP contribution is -2.13. The van der Waals surface area contributed by atoms with E-state index in [4.69, 9.17) is 4.74 Å². The summed E-state index contributed by atoms with van der Waals surface area (Å²) in [5.41, 5.74) is 3.23. The molecule has 0 saturated carbocycles. The molecule has 0 aliphatic rings. The van der Waals surface area contributed by atoms with E-state index in [2.05, 4.69) is 15.6 Å². The molecule has 3 rings (SSSR count). The first-order valence-electron chi connectivity index (χ1n) is 8.00. The number of carbonyl (C=O) groups excluding carboxylic acids is 1. The van der Waals surface area contributed by atoms with Gasteiger partial charge < -0.3 is 15.4 Å². The number of anilines is 3. The molecule has 6 heteroatoms. The minimum Gasteiger partial charge on any atom is -0.495 e. The molecule has 1 aromatic heterocycles. The molecule has 0 atom stereocenters. The highest BCUT2D eigenvalue weighted by molar-refractivity contribution is 6.02. The number of amides is 1. The van der Waals surface area contributed by atoms with Crippen molar-refractivity contribution in [2.45, 2.75) is 6.92 Å². The van der Waals surface area contributed by atoms with Crippen LogP contribution in [0.3, 0.4) is 0 Å². The topological polar surface area (TPSA) is 63.2 Å². The Bertz CT molecular complexity index is 927. The molecule has 0 unspecified atom stereocenters. The summed E-state index contributed by atoms with van der Waals surface area (Å²) in [5, 5.41) is 5.83. The fraction of sp³-hybridized carbons (Fsp3) is 0.100. The van der Waals surface area contributed by atoms with Crippen LogP contribution in [0.1, 0.15) is 16.1 Å². The van der Waals surface area contributed by atoms with Crippen LogP contribution in [-0.2, 0) is 0 Å². The maximum absolute atomic E-state index is 13.2. The van der Waals surface area contributed by atoms with Crippen LogP contribution < -0.4 is 15.4 Å². The van der Waals surface area contributed by atoms with Crippen LogP contribution in [0.15, 0.2) is 60.8 Å². The van der Waals surface area contributed by atoms with Crippen LogP contribution in [0.2, 0.25) is 0 Å². The lowest BCUT2D eigenvalue weighted by molar-refractivity contribution is 0.102. The smallest absolute Gasteiger partial charge is 0.274 e. The van der Waals surface area contributed by atoms with Crippen molar-refractivity contribution in [2.24, 2.45) is 0 Å². The van der Waals surface area contributed by atoms with Gasteiger partial charge in [0.1, 0.15) is 17.3 Å². The van der Waals surface area contributed by atoms with Crippen molar-refractivity contribution in [3.05, 3.63) is 77.9 Å². The molecule has 0 radical (unpaired) electrons. The third kappa shape index (κ3) is 4.16. The van der Waals surface area contributed by atoms with Crippen molar-refractivity contribution in [3.63, 3.8) is 0 Å². The van der Waals surface area contributed by atoms with E-state index in [9.17, 15) is 9.18 Å². The Morgan fingerprint density at radius 1 is 1.08 bits per heavy atom. The SMILES string of the molecule is COc1ccc(C)cc1Nc1ccc(C(=O)Nc2cccc(F)c2)nc1. The van der Waals surface area contributed by atoms with Gasteiger partial charge in [-0.1, -0.05) is 12.1 Å². The summed E-state index contributed by atoms with van der Waals surface area (Å²) in [5.74, 6) is -0.110. The van der Waals surface area contributed by atoms with Crippen molar-refractivity contribution in [1.82, 2.24) is 4.98 Å². The molecule has 3 aromatic rings. The summed E-state index contributed by atoms with van der Waals surface area (Å²) < 4.78 is 18.5. The van der Waals surface area contributed by atoms with Crippen LogP contribution in [-0.4, -0.2) is 18.0 Å². The zero-order chi connectivity index (χ0) is 18.5. The van der Waals surface area contributed by atoms with E-state index in [0.717, 1.165) is 16.9 Å². The van der Waals surface area contributed by atoms with Crippen molar-refractivity contribution < 1.29 is 13.9 Å². The number of hydrogen-bond donors (Lipinski definition) is 2. The quantitative estimate of drug-likeness (QED) is 0.709. The van der Waals surface area contributed by atoms with E-state index in [1.807, 2.05) is 25.1 Å². The van der Waals surface area contributed by atoms with E-state index in [1.165, 1.54) is 18.2 Å². The first-order valence-corrected chi connectivity index (χ1v) is 8.00. The Balaban J connectivity index is 1.72. The van der Waals surface area contributed by atoms with Gasteiger partial charge in [0.05, 0.1) is 24.7 Å². The number of rotatable bonds is 5. The van der Waals surface area contributed by atoms with Gasteiger partial charge in [0.25, 0.3) is 5.91 Å². The average molecular weight is 351 g/mol. The number of hydrogen-bond acceptors (Lipinski definition) is 4. The Morgan fingerprint density at radius 2 is 1.92 bits per heavy atom. The second-order valence-corrected chi connectivity index (χ2v) is 5.73. The highest BCUT2D eigenvalue weighted by atomic mass is 19.1. The van der Waals surface area contributed by atoms with Crippen molar-refractivity contribution >= 4 is 23.0 Å². The minimum atomic E-state index is -0.414. The van der Waals surface area contributed by atoms with E-state index >= 15 is 0 Å². The number of aromatic nitrogens is 1. The molecular weight excluding hydrogens is 333 g/mol. The summed E-state index contributed by atoms with van der Waals surface area (Å²) in [6.45, 7) is 1.99. The van der Waals surface area contributed by atoms with Crippen molar-refractivity contribution in [1.29, 1.82) is 0 Å². The first kappa shape index (κ1) is 17.4. The highest BCUT2D eigenvalue weighted by Gasteiger charge is 2.09. The van der Waals surface area contributed by atoms with E-state index in [1.54, 1.807) is 31.5 Å². The normalized spacial score (nSPS) is 10.3.